The van der Waals surface area contributed by atoms with Crippen molar-refractivity contribution in [1.82, 2.24) is 10.6 Å². The molecule has 0 saturated heterocycles. The zero-order valence-electron chi connectivity index (χ0n) is 10.6. The molecule has 1 rings (SSSR count). The van der Waals surface area contributed by atoms with Crippen LogP contribution in [0.2, 0.25) is 0 Å². The molecule has 0 spiro atoms. The van der Waals surface area contributed by atoms with Crippen LogP contribution in [0, 0.1) is 11.6 Å². The van der Waals surface area contributed by atoms with Gasteiger partial charge in [0.25, 0.3) is 0 Å². The van der Waals surface area contributed by atoms with Gasteiger partial charge in [0.15, 0.2) is 11.6 Å². The predicted molar refractivity (Wildman–Crippen MR) is 66.1 cm³/mol. The van der Waals surface area contributed by atoms with Crippen LogP contribution in [0.1, 0.15) is 19.4 Å². The molecule has 96 valence electrons. The van der Waals surface area contributed by atoms with E-state index in [-0.39, 0.29) is 5.54 Å². The van der Waals surface area contributed by atoms with Gasteiger partial charge in [0.1, 0.15) is 0 Å². The summed E-state index contributed by atoms with van der Waals surface area (Å²) in [6.07, 6.45) is 0.691. The number of rotatable bonds is 6. The summed E-state index contributed by atoms with van der Waals surface area (Å²) < 4.78 is 25.6. The van der Waals surface area contributed by atoms with Crippen molar-refractivity contribution in [2.24, 2.45) is 0 Å². The van der Waals surface area contributed by atoms with Crippen LogP contribution in [0.15, 0.2) is 18.2 Å². The van der Waals surface area contributed by atoms with Gasteiger partial charge in [-0.15, -0.1) is 0 Å². The maximum Gasteiger partial charge on any atom is 0.159 e. The van der Waals surface area contributed by atoms with E-state index in [1.165, 1.54) is 12.1 Å². The first-order chi connectivity index (χ1) is 7.94. The number of benzene rings is 1. The molecule has 0 unspecified atom stereocenters. The summed E-state index contributed by atoms with van der Waals surface area (Å²) >= 11 is 0. The number of hydrogen-bond donors (Lipinski definition) is 2. The van der Waals surface area contributed by atoms with Crippen molar-refractivity contribution >= 4 is 0 Å². The number of hydrogen-bond acceptors (Lipinski definition) is 2. The van der Waals surface area contributed by atoms with E-state index in [1.54, 1.807) is 6.07 Å². The van der Waals surface area contributed by atoms with E-state index in [2.05, 4.69) is 24.5 Å². The van der Waals surface area contributed by atoms with E-state index in [0.29, 0.717) is 6.42 Å². The van der Waals surface area contributed by atoms with Gasteiger partial charge in [-0.1, -0.05) is 6.07 Å². The number of halogens is 2. The molecule has 2 nitrogen and oxygen atoms in total. The van der Waals surface area contributed by atoms with Gasteiger partial charge in [-0.2, -0.15) is 0 Å². The van der Waals surface area contributed by atoms with Gasteiger partial charge in [-0.25, -0.2) is 8.78 Å². The van der Waals surface area contributed by atoms with E-state index in [4.69, 9.17) is 0 Å². The van der Waals surface area contributed by atoms with Crippen molar-refractivity contribution in [3.8, 4) is 0 Å². The minimum absolute atomic E-state index is 0.0358. The van der Waals surface area contributed by atoms with Crippen LogP contribution in [-0.4, -0.2) is 25.7 Å². The molecule has 0 atom stereocenters. The Hall–Kier alpha value is -1.00. The van der Waals surface area contributed by atoms with Crippen molar-refractivity contribution in [2.45, 2.75) is 25.8 Å². The molecular formula is C13H20F2N2. The fraction of sp³-hybridized carbons (Fsp3) is 0.538. The second-order valence-corrected chi connectivity index (χ2v) is 4.81. The van der Waals surface area contributed by atoms with Crippen molar-refractivity contribution < 1.29 is 8.78 Å². The van der Waals surface area contributed by atoms with Crippen LogP contribution in [0.3, 0.4) is 0 Å². The van der Waals surface area contributed by atoms with Gasteiger partial charge in [-0.3, -0.25) is 0 Å². The Labute approximate surface area is 101 Å². The molecule has 0 aliphatic rings. The lowest BCUT2D eigenvalue weighted by atomic mass is 10.1. The third-order valence-corrected chi connectivity index (χ3v) is 2.82. The highest BCUT2D eigenvalue weighted by Crippen LogP contribution is 2.08. The molecule has 2 N–H and O–H groups in total. The van der Waals surface area contributed by atoms with Gasteiger partial charge >= 0.3 is 0 Å². The van der Waals surface area contributed by atoms with E-state index < -0.39 is 11.6 Å². The Morgan fingerprint density at radius 1 is 1.18 bits per heavy atom. The van der Waals surface area contributed by atoms with Crippen LogP contribution in [-0.2, 0) is 6.42 Å². The SMILES string of the molecule is CNC(C)(C)CNCCc1ccc(F)c(F)c1. The molecule has 0 aliphatic carbocycles. The first kappa shape index (κ1) is 14.1. The topological polar surface area (TPSA) is 24.1 Å². The zero-order chi connectivity index (χ0) is 12.9. The highest BCUT2D eigenvalue weighted by atomic mass is 19.2. The molecule has 0 saturated carbocycles. The van der Waals surface area contributed by atoms with Crippen LogP contribution in [0.5, 0.6) is 0 Å². The molecule has 0 fully saturated rings. The fourth-order valence-electron chi connectivity index (χ4n) is 1.42. The van der Waals surface area contributed by atoms with Crippen LogP contribution >= 0.6 is 0 Å². The Morgan fingerprint density at radius 2 is 1.88 bits per heavy atom. The average Bonchev–Trinajstić information content (AvgIpc) is 2.29. The van der Waals surface area contributed by atoms with Gasteiger partial charge in [0.05, 0.1) is 0 Å². The van der Waals surface area contributed by atoms with E-state index in [0.717, 1.165) is 18.7 Å². The van der Waals surface area contributed by atoms with E-state index in [1.807, 2.05) is 7.05 Å². The standard InChI is InChI=1S/C13H20F2N2/c1-13(2,16-3)9-17-7-6-10-4-5-11(14)12(15)8-10/h4-5,8,16-17H,6-7,9H2,1-3H3. The lowest BCUT2D eigenvalue weighted by Crippen LogP contribution is -2.46. The molecule has 0 amide bonds. The van der Waals surface area contributed by atoms with Crippen molar-refractivity contribution in [3.63, 3.8) is 0 Å². The normalized spacial score (nSPS) is 11.8. The Morgan fingerprint density at radius 3 is 2.47 bits per heavy atom. The van der Waals surface area contributed by atoms with Crippen LogP contribution in [0.4, 0.5) is 8.78 Å². The minimum Gasteiger partial charge on any atom is -0.315 e. The summed E-state index contributed by atoms with van der Waals surface area (Å²) in [5, 5.41) is 6.46. The first-order valence-electron chi connectivity index (χ1n) is 5.78. The largest absolute Gasteiger partial charge is 0.315 e. The van der Waals surface area contributed by atoms with Crippen molar-refractivity contribution in [1.29, 1.82) is 0 Å². The third-order valence-electron chi connectivity index (χ3n) is 2.82. The molecule has 0 radical (unpaired) electrons. The van der Waals surface area contributed by atoms with E-state index >= 15 is 0 Å². The minimum atomic E-state index is -0.793. The molecular weight excluding hydrogens is 222 g/mol. The maximum absolute atomic E-state index is 12.9. The molecule has 17 heavy (non-hydrogen) atoms. The summed E-state index contributed by atoms with van der Waals surface area (Å²) in [6.45, 7) is 5.76. The summed E-state index contributed by atoms with van der Waals surface area (Å²) in [5.41, 5.74) is 0.840. The molecule has 0 heterocycles. The summed E-state index contributed by atoms with van der Waals surface area (Å²) in [7, 11) is 1.91. The monoisotopic (exact) mass is 242 g/mol. The average molecular weight is 242 g/mol. The Bertz CT molecular complexity index is 364. The number of nitrogens with one attached hydrogen (secondary N) is 2. The molecule has 0 aromatic heterocycles. The molecule has 1 aromatic rings. The number of likely N-dealkylation sites (N-methyl/N-ethyl adjacent to an activating group) is 1. The second kappa shape index (κ2) is 6.07. The van der Waals surface area contributed by atoms with Gasteiger partial charge < -0.3 is 10.6 Å². The summed E-state index contributed by atoms with van der Waals surface area (Å²) in [5.74, 6) is -1.57. The maximum atomic E-state index is 12.9. The third kappa shape index (κ3) is 4.79. The molecule has 1 aromatic carbocycles. The predicted octanol–water partition coefficient (Wildman–Crippen LogP) is 2.09. The molecule has 0 bridgehead atoms. The second-order valence-electron chi connectivity index (χ2n) is 4.81. The zero-order valence-corrected chi connectivity index (χ0v) is 10.6. The lowest BCUT2D eigenvalue weighted by Gasteiger charge is -2.24. The highest BCUT2D eigenvalue weighted by molar-refractivity contribution is 5.18. The smallest absolute Gasteiger partial charge is 0.159 e. The first-order valence-corrected chi connectivity index (χ1v) is 5.78. The van der Waals surface area contributed by atoms with Crippen LogP contribution < -0.4 is 10.6 Å². The van der Waals surface area contributed by atoms with Crippen LogP contribution in [0.25, 0.3) is 0 Å². The van der Waals surface area contributed by atoms with Crippen molar-refractivity contribution in [3.05, 3.63) is 35.4 Å². The Balaban J connectivity index is 2.34. The summed E-state index contributed by atoms with van der Waals surface area (Å²) in [6, 6.07) is 4.03. The van der Waals surface area contributed by atoms with Gasteiger partial charge in [0, 0.05) is 12.1 Å². The van der Waals surface area contributed by atoms with Gasteiger partial charge in [0.2, 0.25) is 0 Å². The lowest BCUT2D eigenvalue weighted by molar-refractivity contribution is 0.395. The molecule has 4 heteroatoms. The van der Waals surface area contributed by atoms with Crippen molar-refractivity contribution in [2.75, 3.05) is 20.1 Å². The Kier molecular flexibility index (Phi) is 5.02. The molecule has 0 aliphatic heterocycles. The van der Waals surface area contributed by atoms with Gasteiger partial charge in [-0.05, 0) is 51.6 Å². The van der Waals surface area contributed by atoms with E-state index in [9.17, 15) is 8.78 Å². The fourth-order valence-corrected chi connectivity index (χ4v) is 1.42. The quantitative estimate of drug-likeness (QED) is 0.746. The highest BCUT2D eigenvalue weighted by Gasteiger charge is 2.13. The summed E-state index contributed by atoms with van der Waals surface area (Å²) in [4.78, 5) is 0.